The maximum Gasteiger partial charge on any atom is 0.229 e. The second kappa shape index (κ2) is 7.22. The molecule has 5 heteroatoms. The fraction of sp³-hybridized carbons (Fsp3) is 0.176. The van der Waals surface area contributed by atoms with Crippen LogP contribution in [0.3, 0.4) is 0 Å². The Morgan fingerprint density at radius 1 is 1.18 bits per heavy atom. The second-order valence-corrected chi connectivity index (χ2v) is 5.87. The van der Waals surface area contributed by atoms with E-state index in [0.717, 1.165) is 5.56 Å². The SMILES string of the molecule is Cc1ccc(C(=O)/C(=C\N(C)C)Oc2cccc(Br)n2)cc1. The number of hydrogen-bond donors (Lipinski definition) is 0. The lowest BCUT2D eigenvalue weighted by molar-refractivity contribution is 0.0980. The molecule has 0 N–H and O–H groups in total. The summed E-state index contributed by atoms with van der Waals surface area (Å²) in [5, 5.41) is 0. The summed E-state index contributed by atoms with van der Waals surface area (Å²) in [4.78, 5) is 18.6. The van der Waals surface area contributed by atoms with Crippen molar-refractivity contribution in [1.29, 1.82) is 0 Å². The molecule has 22 heavy (non-hydrogen) atoms. The van der Waals surface area contributed by atoms with Gasteiger partial charge >= 0.3 is 0 Å². The zero-order chi connectivity index (χ0) is 16.1. The van der Waals surface area contributed by atoms with Gasteiger partial charge in [0.1, 0.15) is 4.60 Å². The normalized spacial score (nSPS) is 11.2. The third-order valence-corrected chi connectivity index (χ3v) is 3.26. The van der Waals surface area contributed by atoms with Gasteiger partial charge in [-0.05, 0) is 28.9 Å². The molecule has 1 aromatic heterocycles. The number of benzene rings is 1. The van der Waals surface area contributed by atoms with Crippen molar-refractivity contribution in [3.63, 3.8) is 0 Å². The topological polar surface area (TPSA) is 42.4 Å². The number of carbonyl (C=O) groups excluding carboxylic acids is 1. The van der Waals surface area contributed by atoms with Crippen LogP contribution in [-0.4, -0.2) is 29.8 Å². The molecule has 0 saturated carbocycles. The van der Waals surface area contributed by atoms with Crippen LogP contribution in [0.5, 0.6) is 5.88 Å². The lowest BCUT2D eigenvalue weighted by Crippen LogP contribution is -2.15. The van der Waals surface area contributed by atoms with Crippen molar-refractivity contribution in [1.82, 2.24) is 9.88 Å². The van der Waals surface area contributed by atoms with E-state index in [1.165, 1.54) is 0 Å². The van der Waals surface area contributed by atoms with Gasteiger partial charge in [-0.2, -0.15) is 0 Å². The van der Waals surface area contributed by atoms with E-state index in [1.54, 1.807) is 41.4 Å². The highest BCUT2D eigenvalue weighted by Crippen LogP contribution is 2.18. The van der Waals surface area contributed by atoms with Crippen molar-refractivity contribution in [3.05, 3.63) is 70.2 Å². The smallest absolute Gasteiger partial charge is 0.229 e. The minimum absolute atomic E-state index is 0.185. The fourth-order valence-corrected chi connectivity index (χ4v) is 2.10. The molecule has 0 aliphatic heterocycles. The van der Waals surface area contributed by atoms with E-state index >= 15 is 0 Å². The van der Waals surface area contributed by atoms with Crippen molar-refractivity contribution in [2.75, 3.05) is 14.1 Å². The van der Waals surface area contributed by atoms with Gasteiger partial charge in [0.05, 0.1) is 0 Å². The van der Waals surface area contributed by atoms with Gasteiger partial charge in [-0.15, -0.1) is 0 Å². The standard InChI is InChI=1S/C17H17BrN2O2/c1-12-7-9-13(10-8-12)17(21)14(11-20(2)3)22-16-6-4-5-15(18)19-16/h4-11H,1-3H3/b14-11+. The molecule has 0 amide bonds. The average molecular weight is 361 g/mol. The molecular weight excluding hydrogens is 344 g/mol. The Hall–Kier alpha value is -2.14. The van der Waals surface area contributed by atoms with E-state index in [4.69, 9.17) is 4.74 Å². The van der Waals surface area contributed by atoms with Crippen LogP contribution in [0.2, 0.25) is 0 Å². The predicted molar refractivity (Wildman–Crippen MR) is 89.8 cm³/mol. The van der Waals surface area contributed by atoms with Crippen molar-refractivity contribution < 1.29 is 9.53 Å². The summed E-state index contributed by atoms with van der Waals surface area (Å²) in [5.74, 6) is 0.401. The molecule has 114 valence electrons. The molecule has 0 saturated heterocycles. The van der Waals surface area contributed by atoms with E-state index in [1.807, 2.05) is 33.2 Å². The maximum atomic E-state index is 12.6. The second-order valence-electron chi connectivity index (χ2n) is 5.05. The Morgan fingerprint density at radius 2 is 1.86 bits per heavy atom. The first-order valence-corrected chi connectivity index (χ1v) is 7.55. The van der Waals surface area contributed by atoms with E-state index in [9.17, 15) is 4.79 Å². The summed E-state index contributed by atoms with van der Waals surface area (Å²) in [6.45, 7) is 1.98. The molecule has 2 aromatic rings. The van der Waals surface area contributed by atoms with E-state index < -0.39 is 0 Å². The first kappa shape index (κ1) is 16.2. The van der Waals surface area contributed by atoms with Crippen LogP contribution in [0, 0.1) is 6.92 Å². The number of nitrogens with zero attached hydrogens (tertiary/aromatic N) is 2. The summed E-state index contributed by atoms with van der Waals surface area (Å²) in [5.41, 5.74) is 1.68. The molecule has 0 bridgehead atoms. The number of halogens is 1. The van der Waals surface area contributed by atoms with Crippen LogP contribution in [0.1, 0.15) is 15.9 Å². The first-order chi connectivity index (χ1) is 10.5. The monoisotopic (exact) mass is 360 g/mol. The molecule has 1 aromatic carbocycles. The Morgan fingerprint density at radius 3 is 2.45 bits per heavy atom. The third-order valence-electron chi connectivity index (χ3n) is 2.82. The average Bonchev–Trinajstić information content (AvgIpc) is 2.46. The van der Waals surface area contributed by atoms with Crippen LogP contribution in [0.25, 0.3) is 0 Å². The molecule has 0 spiro atoms. The zero-order valence-corrected chi connectivity index (χ0v) is 14.3. The quantitative estimate of drug-likeness (QED) is 0.352. The van der Waals surface area contributed by atoms with Crippen LogP contribution in [0.15, 0.2) is 59.0 Å². The lowest BCUT2D eigenvalue weighted by atomic mass is 10.1. The molecule has 4 nitrogen and oxygen atoms in total. The molecular formula is C17H17BrN2O2. The van der Waals surface area contributed by atoms with Crippen LogP contribution >= 0.6 is 15.9 Å². The Bertz CT molecular complexity index is 694. The van der Waals surface area contributed by atoms with Gasteiger partial charge in [0.2, 0.25) is 11.7 Å². The van der Waals surface area contributed by atoms with Crippen LogP contribution < -0.4 is 4.74 Å². The minimum Gasteiger partial charge on any atom is -0.433 e. The van der Waals surface area contributed by atoms with Gasteiger partial charge in [-0.1, -0.05) is 35.9 Å². The van der Waals surface area contributed by atoms with E-state index in [2.05, 4.69) is 20.9 Å². The summed E-state index contributed by atoms with van der Waals surface area (Å²) in [6.07, 6.45) is 1.64. The number of rotatable bonds is 5. The van der Waals surface area contributed by atoms with Crippen molar-refractivity contribution >= 4 is 21.7 Å². The highest BCUT2D eigenvalue weighted by atomic mass is 79.9. The number of aryl methyl sites for hydroxylation is 1. The predicted octanol–water partition coefficient (Wildman–Crippen LogP) is 3.82. The number of allylic oxidation sites excluding steroid dienone is 1. The molecule has 0 atom stereocenters. The van der Waals surface area contributed by atoms with Gasteiger partial charge in [0.15, 0.2) is 5.76 Å². The Labute approximate surface area is 138 Å². The fourth-order valence-electron chi connectivity index (χ4n) is 1.77. The molecule has 0 fully saturated rings. The number of ketones is 1. The van der Waals surface area contributed by atoms with Crippen molar-refractivity contribution in [2.24, 2.45) is 0 Å². The highest BCUT2D eigenvalue weighted by molar-refractivity contribution is 9.10. The van der Waals surface area contributed by atoms with E-state index in [0.29, 0.717) is 16.0 Å². The molecule has 0 aliphatic rings. The zero-order valence-electron chi connectivity index (χ0n) is 12.7. The largest absolute Gasteiger partial charge is 0.433 e. The number of hydrogen-bond acceptors (Lipinski definition) is 4. The highest BCUT2D eigenvalue weighted by Gasteiger charge is 2.16. The van der Waals surface area contributed by atoms with Gasteiger partial charge < -0.3 is 9.64 Å². The van der Waals surface area contributed by atoms with Crippen molar-refractivity contribution in [2.45, 2.75) is 6.92 Å². The Balaban J connectivity index is 2.30. The number of carbonyl (C=O) groups is 1. The third kappa shape index (κ3) is 4.43. The van der Waals surface area contributed by atoms with Gasteiger partial charge in [-0.25, -0.2) is 4.98 Å². The molecule has 2 rings (SSSR count). The molecule has 0 aliphatic carbocycles. The minimum atomic E-state index is -0.185. The number of Topliss-reactive ketones (excluding diaryl/α,β-unsaturated/α-hetero) is 1. The number of pyridine rings is 1. The van der Waals surface area contributed by atoms with Crippen molar-refractivity contribution in [3.8, 4) is 5.88 Å². The lowest BCUT2D eigenvalue weighted by Gasteiger charge is -2.12. The van der Waals surface area contributed by atoms with Crippen LogP contribution in [0.4, 0.5) is 0 Å². The van der Waals surface area contributed by atoms with E-state index in [-0.39, 0.29) is 11.5 Å². The summed E-state index contributed by atoms with van der Waals surface area (Å²) < 4.78 is 6.33. The summed E-state index contributed by atoms with van der Waals surface area (Å²) >= 11 is 3.29. The maximum absolute atomic E-state index is 12.6. The number of ether oxygens (including phenoxy) is 1. The van der Waals surface area contributed by atoms with Crippen LogP contribution in [-0.2, 0) is 0 Å². The Kier molecular flexibility index (Phi) is 5.33. The van der Waals surface area contributed by atoms with Gasteiger partial charge in [0.25, 0.3) is 0 Å². The number of aromatic nitrogens is 1. The summed E-state index contributed by atoms with van der Waals surface area (Å²) in [7, 11) is 3.67. The molecule has 0 unspecified atom stereocenters. The first-order valence-electron chi connectivity index (χ1n) is 6.76. The van der Waals surface area contributed by atoms with Gasteiger partial charge in [-0.3, -0.25) is 4.79 Å². The summed E-state index contributed by atoms with van der Waals surface area (Å²) in [6, 6.07) is 12.7. The van der Waals surface area contributed by atoms with Gasteiger partial charge in [0, 0.05) is 31.9 Å². The molecule has 1 heterocycles. The molecule has 0 radical (unpaired) electrons.